The van der Waals surface area contributed by atoms with Crippen LogP contribution in [0.15, 0.2) is 0 Å². The van der Waals surface area contributed by atoms with Crippen molar-refractivity contribution in [1.29, 1.82) is 0 Å². The Morgan fingerprint density at radius 1 is 1.38 bits per heavy atom. The summed E-state index contributed by atoms with van der Waals surface area (Å²) >= 11 is 0. The second-order valence-corrected chi connectivity index (χ2v) is 7.79. The van der Waals surface area contributed by atoms with Crippen molar-refractivity contribution in [1.82, 2.24) is 5.32 Å². The van der Waals surface area contributed by atoms with Crippen molar-refractivity contribution in [3.63, 3.8) is 0 Å². The average molecular weight is 247 g/mol. The van der Waals surface area contributed by atoms with Crippen molar-refractivity contribution in [3.05, 3.63) is 0 Å². The lowest BCUT2D eigenvalue weighted by Gasteiger charge is -2.40. The number of aliphatic hydroxyl groups is 1. The molecule has 0 saturated carbocycles. The molecular formula is C11H21NO3S. The highest BCUT2D eigenvalue weighted by atomic mass is 32.2. The van der Waals surface area contributed by atoms with E-state index >= 15 is 0 Å². The van der Waals surface area contributed by atoms with Crippen LogP contribution in [0.1, 0.15) is 26.2 Å². The zero-order valence-electron chi connectivity index (χ0n) is 9.78. The molecule has 2 saturated heterocycles. The van der Waals surface area contributed by atoms with Crippen LogP contribution in [0.3, 0.4) is 0 Å². The SMILES string of the molecule is CC1(CO)CC(C2CCS(=O)(=O)C2)CCN1. The van der Waals surface area contributed by atoms with Gasteiger partial charge in [-0.1, -0.05) is 0 Å². The molecule has 0 amide bonds. The number of hydrogen-bond donors (Lipinski definition) is 2. The minimum absolute atomic E-state index is 0.128. The molecule has 16 heavy (non-hydrogen) atoms. The van der Waals surface area contributed by atoms with Gasteiger partial charge in [0.15, 0.2) is 9.84 Å². The molecule has 2 aliphatic rings. The summed E-state index contributed by atoms with van der Waals surface area (Å²) in [6, 6.07) is 0. The number of rotatable bonds is 2. The molecular weight excluding hydrogens is 226 g/mol. The van der Waals surface area contributed by atoms with Crippen LogP contribution < -0.4 is 5.32 Å². The van der Waals surface area contributed by atoms with E-state index in [1.807, 2.05) is 6.92 Å². The van der Waals surface area contributed by atoms with Gasteiger partial charge in [0.25, 0.3) is 0 Å². The second-order valence-electron chi connectivity index (χ2n) is 5.56. The number of nitrogens with one attached hydrogen (secondary N) is 1. The van der Waals surface area contributed by atoms with E-state index in [4.69, 9.17) is 0 Å². The smallest absolute Gasteiger partial charge is 0.150 e. The molecule has 3 atom stereocenters. The minimum atomic E-state index is -2.77. The Labute approximate surface area is 97.3 Å². The first-order chi connectivity index (χ1) is 7.44. The summed E-state index contributed by atoms with van der Waals surface area (Å²) in [5.41, 5.74) is -0.213. The van der Waals surface area contributed by atoms with Gasteiger partial charge in [0.1, 0.15) is 0 Å². The summed E-state index contributed by atoms with van der Waals surface area (Å²) in [5.74, 6) is 1.49. The van der Waals surface area contributed by atoms with Crippen molar-refractivity contribution < 1.29 is 13.5 Å². The van der Waals surface area contributed by atoms with E-state index in [0.29, 0.717) is 23.3 Å². The molecule has 2 N–H and O–H groups in total. The van der Waals surface area contributed by atoms with Gasteiger partial charge in [-0.2, -0.15) is 0 Å². The Kier molecular flexibility index (Phi) is 3.29. The molecule has 94 valence electrons. The Balaban J connectivity index is 2.01. The van der Waals surface area contributed by atoms with Crippen LogP contribution in [0.4, 0.5) is 0 Å². The Morgan fingerprint density at radius 3 is 2.69 bits per heavy atom. The first kappa shape index (κ1) is 12.3. The van der Waals surface area contributed by atoms with Gasteiger partial charge in [0.05, 0.1) is 18.1 Å². The van der Waals surface area contributed by atoms with Crippen LogP contribution in [0.25, 0.3) is 0 Å². The Hall–Kier alpha value is -0.130. The van der Waals surface area contributed by atoms with Crippen molar-refractivity contribution in [3.8, 4) is 0 Å². The maximum atomic E-state index is 11.4. The van der Waals surface area contributed by atoms with Crippen LogP contribution in [0.5, 0.6) is 0 Å². The molecule has 0 aromatic heterocycles. The first-order valence-corrected chi connectivity index (χ1v) is 7.83. The van der Waals surface area contributed by atoms with Gasteiger partial charge < -0.3 is 10.4 Å². The zero-order valence-corrected chi connectivity index (χ0v) is 10.6. The van der Waals surface area contributed by atoms with E-state index in [-0.39, 0.29) is 12.1 Å². The van der Waals surface area contributed by atoms with Gasteiger partial charge in [0, 0.05) is 5.54 Å². The monoisotopic (exact) mass is 247 g/mol. The fraction of sp³-hybridized carbons (Fsp3) is 1.00. The molecule has 0 bridgehead atoms. The Bertz CT molecular complexity index is 354. The van der Waals surface area contributed by atoms with Gasteiger partial charge >= 0.3 is 0 Å². The molecule has 2 heterocycles. The molecule has 0 aromatic rings. The van der Waals surface area contributed by atoms with E-state index in [2.05, 4.69) is 5.32 Å². The number of sulfone groups is 1. The van der Waals surface area contributed by atoms with Crippen LogP contribution in [0.2, 0.25) is 0 Å². The summed E-state index contributed by atoms with van der Waals surface area (Å²) in [7, 11) is -2.77. The molecule has 0 aliphatic carbocycles. The van der Waals surface area contributed by atoms with Gasteiger partial charge in [-0.3, -0.25) is 0 Å². The molecule has 5 heteroatoms. The lowest BCUT2D eigenvalue weighted by molar-refractivity contribution is 0.102. The van der Waals surface area contributed by atoms with E-state index in [1.54, 1.807) is 0 Å². The topological polar surface area (TPSA) is 66.4 Å². The third kappa shape index (κ3) is 2.57. The summed E-state index contributed by atoms with van der Waals surface area (Å²) in [6.07, 6.45) is 2.74. The third-order valence-electron chi connectivity index (χ3n) is 4.06. The Morgan fingerprint density at radius 2 is 2.12 bits per heavy atom. The summed E-state index contributed by atoms with van der Waals surface area (Å²) in [4.78, 5) is 0. The third-order valence-corrected chi connectivity index (χ3v) is 5.86. The van der Waals surface area contributed by atoms with Crippen molar-refractivity contribution in [2.24, 2.45) is 11.8 Å². The van der Waals surface area contributed by atoms with Crippen LogP contribution >= 0.6 is 0 Å². The van der Waals surface area contributed by atoms with Gasteiger partial charge in [-0.05, 0) is 44.6 Å². The normalized spacial score (nSPS) is 43.4. The lowest BCUT2D eigenvalue weighted by atomic mass is 9.76. The van der Waals surface area contributed by atoms with Crippen molar-refractivity contribution in [2.75, 3.05) is 24.7 Å². The predicted molar refractivity (Wildman–Crippen MR) is 63.0 cm³/mol. The molecule has 2 aliphatic heterocycles. The molecule has 0 spiro atoms. The highest BCUT2D eigenvalue weighted by Gasteiger charge is 2.39. The van der Waals surface area contributed by atoms with Crippen molar-refractivity contribution in [2.45, 2.75) is 31.7 Å². The summed E-state index contributed by atoms with van der Waals surface area (Å²) in [5, 5.41) is 12.7. The predicted octanol–water partition coefficient (Wildman–Crippen LogP) is 0.172. The molecule has 3 unspecified atom stereocenters. The fourth-order valence-electron chi connectivity index (χ4n) is 3.03. The number of piperidine rings is 1. The summed E-state index contributed by atoms with van der Waals surface area (Å²) < 4.78 is 22.9. The standard InChI is InChI=1S/C11H21NO3S/c1-11(8-13)6-9(2-4-12-11)10-3-5-16(14,15)7-10/h9-10,12-13H,2-8H2,1H3. The minimum Gasteiger partial charge on any atom is -0.394 e. The quantitative estimate of drug-likeness (QED) is 0.730. The molecule has 4 nitrogen and oxygen atoms in total. The van der Waals surface area contributed by atoms with Crippen LogP contribution in [-0.4, -0.2) is 43.7 Å². The first-order valence-electron chi connectivity index (χ1n) is 6.00. The van der Waals surface area contributed by atoms with E-state index < -0.39 is 9.84 Å². The molecule has 0 radical (unpaired) electrons. The highest BCUT2D eigenvalue weighted by Crippen LogP contribution is 2.35. The van der Waals surface area contributed by atoms with E-state index in [1.165, 1.54) is 0 Å². The van der Waals surface area contributed by atoms with Gasteiger partial charge in [-0.25, -0.2) is 8.42 Å². The highest BCUT2D eigenvalue weighted by molar-refractivity contribution is 7.91. The second kappa shape index (κ2) is 4.27. The van der Waals surface area contributed by atoms with Crippen LogP contribution in [0, 0.1) is 11.8 Å². The maximum absolute atomic E-state index is 11.4. The fourth-order valence-corrected chi connectivity index (χ4v) is 4.95. The number of aliphatic hydroxyl groups excluding tert-OH is 1. The maximum Gasteiger partial charge on any atom is 0.150 e. The summed E-state index contributed by atoms with van der Waals surface area (Å²) in [6.45, 7) is 3.03. The average Bonchev–Trinajstić information content (AvgIpc) is 2.59. The molecule has 0 aromatic carbocycles. The molecule has 2 rings (SSSR count). The lowest BCUT2D eigenvalue weighted by Crippen LogP contribution is -2.52. The van der Waals surface area contributed by atoms with E-state index in [0.717, 1.165) is 25.8 Å². The van der Waals surface area contributed by atoms with E-state index in [9.17, 15) is 13.5 Å². The van der Waals surface area contributed by atoms with Crippen molar-refractivity contribution >= 4 is 9.84 Å². The van der Waals surface area contributed by atoms with Gasteiger partial charge in [0.2, 0.25) is 0 Å². The largest absolute Gasteiger partial charge is 0.394 e. The molecule has 2 fully saturated rings. The number of hydrogen-bond acceptors (Lipinski definition) is 4. The van der Waals surface area contributed by atoms with Gasteiger partial charge in [-0.15, -0.1) is 0 Å². The zero-order chi connectivity index (χ0) is 11.8. The van der Waals surface area contributed by atoms with Crippen LogP contribution in [-0.2, 0) is 9.84 Å².